The Morgan fingerprint density at radius 3 is 2.75 bits per heavy atom. The zero-order valence-electron chi connectivity index (χ0n) is 8.02. The Balaban J connectivity index is 3.05. The van der Waals surface area contributed by atoms with Gasteiger partial charge in [0.15, 0.2) is 0 Å². The van der Waals surface area contributed by atoms with Gasteiger partial charge in [-0.2, -0.15) is 0 Å². The molecule has 0 aliphatic carbocycles. The van der Waals surface area contributed by atoms with Gasteiger partial charge in [0.2, 0.25) is 5.91 Å². The first-order valence-electron chi connectivity index (χ1n) is 4.28. The molecule has 2 N–H and O–H groups in total. The van der Waals surface area contributed by atoms with Gasteiger partial charge in [-0.1, -0.05) is 0 Å². The van der Waals surface area contributed by atoms with Crippen LogP contribution in [0.25, 0.3) is 0 Å². The van der Waals surface area contributed by atoms with E-state index in [-0.39, 0.29) is 17.7 Å². The van der Waals surface area contributed by atoms with Crippen molar-refractivity contribution in [1.82, 2.24) is 0 Å². The molecule has 7 heteroatoms. The lowest BCUT2D eigenvalue weighted by molar-refractivity contribution is -0.385. The van der Waals surface area contributed by atoms with Crippen LogP contribution in [-0.4, -0.2) is 16.2 Å². The second-order valence-electron chi connectivity index (χ2n) is 3.10. The summed E-state index contributed by atoms with van der Waals surface area (Å²) in [6.45, 7) is 0. The van der Waals surface area contributed by atoms with Gasteiger partial charge in [0.25, 0.3) is 5.69 Å². The number of nitrogens with zero attached hydrogens (tertiary/aromatic N) is 1. The van der Waals surface area contributed by atoms with E-state index >= 15 is 0 Å². The fourth-order valence-electron chi connectivity index (χ4n) is 1.19. The quantitative estimate of drug-likeness (QED) is 0.494. The van der Waals surface area contributed by atoms with Crippen molar-refractivity contribution in [2.45, 2.75) is 11.8 Å². The van der Waals surface area contributed by atoms with Gasteiger partial charge in [-0.25, -0.2) is 4.39 Å². The van der Waals surface area contributed by atoms with Crippen LogP contribution in [-0.2, 0) is 11.2 Å². The average molecular weight is 247 g/mol. The molecule has 0 aromatic heterocycles. The Bertz CT molecular complexity index is 439. The van der Waals surface area contributed by atoms with E-state index in [9.17, 15) is 19.3 Å². The Morgan fingerprint density at radius 2 is 2.25 bits per heavy atom. The van der Waals surface area contributed by atoms with Crippen LogP contribution >= 0.6 is 11.6 Å². The summed E-state index contributed by atoms with van der Waals surface area (Å²) in [6, 6.07) is 2.96. The summed E-state index contributed by atoms with van der Waals surface area (Å²) in [7, 11) is 0. The van der Waals surface area contributed by atoms with E-state index in [1.54, 1.807) is 0 Å². The molecule has 1 atom stereocenters. The molecule has 0 spiro atoms. The molecule has 0 bridgehead atoms. The minimum atomic E-state index is -1.10. The number of amides is 1. The molecular weight excluding hydrogens is 239 g/mol. The Kier molecular flexibility index (Phi) is 3.78. The van der Waals surface area contributed by atoms with Gasteiger partial charge in [-0.05, 0) is 12.1 Å². The smallest absolute Gasteiger partial charge is 0.272 e. The van der Waals surface area contributed by atoms with E-state index < -0.39 is 22.0 Å². The third-order valence-electron chi connectivity index (χ3n) is 1.95. The fraction of sp³-hybridized carbons (Fsp3) is 0.222. The van der Waals surface area contributed by atoms with Gasteiger partial charge in [0, 0.05) is 18.1 Å². The van der Waals surface area contributed by atoms with Crippen LogP contribution in [0.1, 0.15) is 5.56 Å². The van der Waals surface area contributed by atoms with Crippen LogP contribution in [0.5, 0.6) is 0 Å². The monoisotopic (exact) mass is 246 g/mol. The first-order chi connectivity index (χ1) is 7.41. The zero-order chi connectivity index (χ0) is 12.3. The molecule has 0 heterocycles. The SMILES string of the molecule is NC(=O)C(Cl)Cc1cc(F)ccc1[N+](=O)[O-]. The molecule has 1 amide bonds. The molecule has 0 fully saturated rings. The highest BCUT2D eigenvalue weighted by Crippen LogP contribution is 2.22. The number of nitrogens with two attached hydrogens (primary N) is 1. The number of carbonyl (C=O) groups is 1. The van der Waals surface area contributed by atoms with Crippen molar-refractivity contribution in [3.63, 3.8) is 0 Å². The predicted octanol–water partition coefficient (Wildman–Crippen LogP) is 1.37. The van der Waals surface area contributed by atoms with E-state index in [4.69, 9.17) is 17.3 Å². The number of nitro benzene ring substituents is 1. The van der Waals surface area contributed by atoms with Crippen molar-refractivity contribution in [2.75, 3.05) is 0 Å². The van der Waals surface area contributed by atoms with Gasteiger partial charge in [-0.3, -0.25) is 14.9 Å². The maximum atomic E-state index is 12.9. The number of rotatable bonds is 4. The first kappa shape index (κ1) is 12.4. The number of hydrogen-bond acceptors (Lipinski definition) is 3. The van der Waals surface area contributed by atoms with E-state index in [0.717, 1.165) is 18.2 Å². The molecule has 0 saturated heterocycles. The Morgan fingerprint density at radius 1 is 1.62 bits per heavy atom. The second kappa shape index (κ2) is 4.89. The molecule has 0 radical (unpaired) electrons. The molecule has 1 unspecified atom stereocenters. The largest absolute Gasteiger partial charge is 0.368 e. The van der Waals surface area contributed by atoms with Crippen LogP contribution in [0.2, 0.25) is 0 Å². The van der Waals surface area contributed by atoms with Gasteiger partial charge >= 0.3 is 0 Å². The fourth-order valence-corrected chi connectivity index (χ4v) is 1.36. The molecule has 5 nitrogen and oxygen atoms in total. The highest BCUT2D eigenvalue weighted by Gasteiger charge is 2.20. The third-order valence-corrected chi connectivity index (χ3v) is 2.32. The van der Waals surface area contributed by atoms with Crippen molar-refractivity contribution in [1.29, 1.82) is 0 Å². The summed E-state index contributed by atoms with van der Waals surface area (Å²) in [5, 5.41) is 9.51. The highest BCUT2D eigenvalue weighted by molar-refractivity contribution is 6.30. The van der Waals surface area contributed by atoms with E-state index in [1.165, 1.54) is 0 Å². The molecule has 86 valence electrons. The summed E-state index contributed by atoms with van der Waals surface area (Å²) >= 11 is 5.56. The van der Waals surface area contributed by atoms with E-state index in [1.807, 2.05) is 0 Å². The van der Waals surface area contributed by atoms with Crippen molar-refractivity contribution < 1.29 is 14.1 Å². The van der Waals surface area contributed by atoms with E-state index in [0.29, 0.717) is 0 Å². The van der Waals surface area contributed by atoms with Crippen molar-refractivity contribution in [2.24, 2.45) is 5.73 Å². The molecule has 1 rings (SSSR count). The molecule has 1 aromatic rings. The Hall–Kier alpha value is -1.69. The average Bonchev–Trinajstić information content (AvgIpc) is 2.16. The standard InChI is InChI=1S/C9H8ClFN2O3/c10-7(9(12)14)4-5-3-6(11)1-2-8(5)13(15)16/h1-3,7H,4H2,(H2,12,14). The first-order valence-corrected chi connectivity index (χ1v) is 4.71. The van der Waals surface area contributed by atoms with Crippen LogP contribution in [0.4, 0.5) is 10.1 Å². The molecule has 0 saturated carbocycles. The molecule has 1 aromatic carbocycles. The van der Waals surface area contributed by atoms with Gasteiger partial charge in [0.05, 0.1) is 4.92 Å². The normalized spacial score (nSPS) is 12.1. The van der Waals surface area contributed by atoms with Crippen LogP contribution in [0.15, 0.2) is 18.2 Å². The summed E-state index contributed by atoms with van der Waals surface area (Å²) < 4.78 is 12.9. The van der Waals surface area contributed by atoms with Crippen molar-refractivity contribution >= 4 is 23.2 Å². The lowest BCUT2D eigenvalue weighted by atomic mass is 10.1. The third kappa shape index (κ3) is 2.90. The summed E-state index contributed by atoms with van der Waals surface area (Å²) in [4.78, 5) is 20.6. The minimum Gasteiger partial charge on any atom is -0.368 e. The molecule has 0 aliphatic rings. The molecular formula is C9H8ClFN2O3. The number of alkyl halides is 1. The van der Waals surface area contributed by atoms with Crippen LogP contribution in [0, 0.1) is 15.9 Å². The lowest BCUT2D eigenvalue weighted by Crippen LogP contribution is -2.25. The molecule has 16 heavy (non-hydrogen) atoms. The number of nitro groups is 1. The Labute approximate surface area is 95.1 Å². The summed E-state index contributed by atoms with van der Waals surface area (Å²) in [5.74, 6) is -1.44. The van der Waals surface area contributed by atoms with Crippen LogP contribution in [0.3, 0.4) is 0 Å². The number of benzene rings is 1. The zero-order valence-corrected chi connectivity index (χ0v) is 8.78. The lowest BCUT2D eigenvalue weighted by Gasteiger charge is -2.06. The van der Waals surface area contributed by atoms with E-state index in [2.05, 4.69) is 0 Å². The predicted molar refractivity (Wildman–Crippen MR) is 55.6 cm³/mol. The van der Waals surface area contributed by atoms with Gasteiger partial charge in [0.1, 0.15) is 11.2 Å². The highest BCUT2D eigenvalue weighted by atomic mass is 35.5. The van der Waals surface area contributed by atoms with Gasteiger partial charge < -0.3 is 5.73 Å². The summed E-state index contributed by atoms with van der Waals surface area (Å²) in [5.41, 5.74) is 4.67. The molecule has 0 aliphatic heterocycles. The number of primary amides is 1. The number of halogens is 2. The van der Waals surface area contributed by atoms with Crippen molar-refractivity contribution in [3.8, 4) is 0 Å². The van der Waals surface area contributed by atoms with Gasteiger partial charge in [-0.15, -0.1) is 11.6 Å². The topological polar surface area (TPSA) is 86.2 Å². The maximum Gasteiger partial charge on any atom is 0.272 e. The number of hydrogen-bond donors (Lipinski definition) is 1. The summed E-state index contributed by atoms with van der Waals surface area (Å²) in [6.07, 6.45) is -0.176. The second-order valence-corrected chi connectivity index (χ2v) is 3.63. The maximum absolute atomic E-state index is 12.9. The minimum absolute atomic E-state index is 0.0452. The van der Waals surface area contributed by atoms with Crippen LogP contribution < -0.4 is 5.73 Å². The van der Waals surface area contributed by atoms with Crippen molar-refractivity contribution in [3.05, 3.63) is 39.7 Å². The number of carbonyl (C=O) groups excluding carboxylic acids is 1.